The second-order valence-corrected chi connectivity index (χ2v) is 4.58. The summed E-state index contributed by atoms with van der Waals surface area (Å²) in [4.78, 5) is 17.1. The molecular formula is C17H17NO4. The number of benzene rings is 2. The molecule has 114 valence electrons. The van der Waals surface area contributed by atoms with E-state index in [4.69, 9.17) is 9.57 Å². The molecule has 0 spiro atoms. The lowest BCUT2D eigenvalue weighted by Crippen LogP contribution is -2.19. The predicted molar refractivity (Wildman–Crippen MR) is 82.9 cm³/mol. The van der Waals surface area contributed by atoms with E-state index in [-0.39, 0.29) is 12.4 Å². The minimum Gasteiger partial charge on any atom is -0.508 e. The Morgan fingerprint density at radius 3 is 2.55 bits per heavy atom. The molecule has 5 nitrogen and oxygen atoms in total. The van der Waals surface area contributed by atoms with Gasteiger partial charge in [-0.25, -0.2) is 0 Å². The molecule has 0 aliphatic rings. The Labute approximate surface area is 128 Å². The number of esters is 1. The molecule has 0 radical (unpaired) electrons. The van der Waals surface area contributed by atoms with Crippen LogP contribution in [0.4, 0.5) is 0 Å². The molecule has 0 aliphatic carbocycles. The lowest BCUT2D eigenvalue weighted by atomic mass is 9.99. The molecule has 2 aromatic rings. The Morgan fingerprint density at radius 2 is 1.86 bits per heavy atom. The van der Waals surface area contributed by atoms with Gasteiger partial charge in [0.1, 0.15) is 18.3 Å². The summed E-state index contributed by atoms with van der Waals surface area (Å²) < 4.78 is 4.76. The number of aromatic hydroxyl groups is 1. The first-order valence-electron chi connectivity index (χ1n) is 6.78. The summed E-state index contributed by atoms with van der Waals surface area (Å²) in [5, 5.41) is 13.7. The molecule has 0 heterocycles. The molecule has 0 aliphatic heterocycles. The summed E-state index contributed by atoms with van der Waals surface area (Å²) in [6, 6.07) is 16.0. The molecular weight excluding hydrogens is 282 g/mol. The maximum Gasteiger partial charge on any atom is 0.316 e. The van der Waals surface area contributed by atoms with Gasteiger partial charge in [0.15, 0.2) is 0 Å². The average Bonchev–Trinajstić information content (AvgIpc) is 2.56. The van der Waals surface area contributed by atoms with E-state index in [1.807, 2.05) is 30.3 Å². The van der Waals surface area contributed by atoms with Crippen LogP contribution in [0.3, 0.4) is 0 Å². The molecule has 1 unspecified atom stereocenters. The zero-order valence-corrected chi connectivity index (χ0v) is 12.2. The summed E-state index contributed by atoms with van der Waals surface area (Å²) in [7, 11) is 1.29. The molecule has 1 atom stereocenters. The normalized spacial score (nSPS) is 12.0. The Hall–Kier alpha value is -2.82. The van der Waals surface area contributed by atoms with Gasteiger partial charge in [0.05, 0.1) is 13.3 Å². The number of para-hydroxylation sites is 1. The van der Waals surface area contributed by atoms with E-state index in [9.17, 15) is 9.90 Å². The standard InChI is InChI=1S/C17H17NO4/c1-21-17(20)15(14-9-5-6-10-16(14)19)12-22-18-11-13-7-3-2-4-8-13/h2-11,15,19H,12H2,1H3. The van der Waals surface area contributed by atoms with Crippen LogP contribution in [-0.4, -0.2) is 31.0 Å². The molecule has 2 rings (SSSR count). The van der Waals surface area contributed by atoms with Crippen molar-refractivity contribution in [3.8, 4) is 5.75 Å². The van der Waals surface area contributed by atoms with Gasteiger partial charge < -0.3 is 14.7 Å². The van der Waals surface area contributed by atoms with Crippen molar-refractivity contribution in [1.82, 2.24) is 0 Å². The van der Waals surface area contributed by atoms with Crippen molar-refractivity contribution < 1.29 is 19.5 Å². The lowest BCUT2D eigenvalue weighted by Gasteiger charge is -2.14. The molecule has 0 fully saturated rings. The van der Waals surface area contributed by atoms with E-state index in [0.29, 0.717) is 5.56 Å². The van der Waals surface area contributed by atoms with Gasteiger partial charge in [-0.3, -0.25) is 4.79 Å². The highest BCUT2D eigenvalue weighted by Crippen LogP contribution is 2.26. The van der Waals surface area contributed by atoms with Crippen LogP contribution in [0, 0.1) is 0 Å². The van der Waals surface area contributed by atoms with Gasteiger partial charge in [-0.05, 0) is 11.6 Å². The van der Waals surface area contributed by atoms with E-state index in [2.05, 4.69) is 5.16 Å². The Kier molecular flexibility index (Phi) is 5.54. The SMILES string of the molecule is COC(=O)C(CON=Cc1ccccc1)c1ccccc1O. The van der Waals surface area contributed by atoms with Crippen molar-refractivity contribution in [3.05, 3.63) is 65.7 Å². The molecule has 5 heteroatoms. The van der Waals surface area contributed by atoms with E-state index in [1.54, 1.807) is 24.4 Å². The van der Waals surface area contributed by atoms with Gasteiger partial charge in [-0.15, -0.1) is 0 Å². The summed E-state index contributed by atoms with van der Waals surface area (Å²) in [6.07, 6.45) is 1.55. The number of hydrogen-bond donors (Lipinski definition) is 1. The van der Waals surface area contributed by atoms with Crippen molar-refractivity contribution in [3.63, 3.8) is 0 Å². The number of phenols is 1. The smallest absolute Gasteiger partial charge is 0.316 e. The van der Waals surface area contributed by atoms with Gasteiger partial charge >= 0.3 is 5.97 Å². The number of oxime groups is 1. The molecule has 0 saturated heterocycles. The highest BCUT2D eigenvalue weighted by Gasteiger charge is 2.25. The maximum absolute atomic E-state index is 11.9. The fourth-order valence-corrected chi connectivity index (χ4v) is 1.96. The predicted octanol–water partition coefficient (Wildman–Crippen LogP) is 2.70. The largest absolute Gasteiger partial charge is 0.508 e. The molecule has 0 amide bonds. The summed E-state index contributed by atoms with van der Waals surface area (Å²) in [5.74, 6) is -1.20. The fourth-order valence-electron chi connectivity index (χ4n) is 1.96. The first-order valence-corrected chi connectivity index (χ1v) is 6.78. The van der Waals surface area contributed by atoms with Gasteiger partial charge in [0.25, 0.3) is 0 Å². The monoisotopic (exact) mass is 299 g/mol. The number of hydrogen-bond acceptors (Lipinski definition) is 5. The quantitative estimate of drug-likeness (QED) is 0.506. The first-order chi connectivity index (χ1) is 10.7. The Balaban J connectivity index is 2.04. The third-order valence-corrected chi connectivity index (χ3v) is 3.11. The Morgan fingerprint density at radius 1 is 1.18 bits per heavy atom. The summed E-state index contributed by atoms with van der Waals surface area (Å²) >= 11 is 0. The van der Waals surface area contributed by atoms with Gasteiger partial charge in [0.2, 0.25) is 0 Å². The molecule has 1 N–H and O–H groups in total. The second kappa shape index (κ2) is 7.83. The van der Waals surface area contributed by atoms with Crippen LogP contribution < -0.4 is 0 Å². The summed E-state index contributed by atoms with van der Waals surface area (Å²) in [5.41, 5.74) is 1.34. The van der Waals surface area contributed by atoms with Crippen LogP contribution in [0.25, 0.3) is 0 Å². The number of ether oxygens (including phenoxy) is 1. The lowest BCUT2D eigenvalue weighted by molar-refractivity contribution is -0.144. The van der Waals surface area contributed by atoms with Gasteiger partial charge in [-0.1, -0.05) is 53.7 Å². The average molecular weight is 299 g/mol. The van der Waals surface area contributed by atoms with E-state index in [1.165, 1.54) is 13.2 Å². The van der Waals surface area contributed by atoms with Gasteiger partial charge in [-0.2, -0.15) is 0 Å². The fraction of sp³-hybridized carbons (Fsp3) is 0.176. The van der Waals surface area contributed by atoms with Gasteiger partial charge in [0, 0.05) is 5.56 Å². The highest BCUT2D eigenvalue weighted by atomic mass is 16.6. The van der Waals surface area contributed by atoms with Crippen LogP contribution in [0.15, 0.2) is 59.8 Å². The zero-order valence-electron chi connectivity index (χ0n) is 12.2. The Bertz CT molecular complexity index is 640. The summed E-state index contributed by atoms with van der Waals surface area (Å²) in [6.45, 7) is -0.0203. The topological polar surface area (TPSA) is 68.1 Å². The zero-order chi connectivity index (χ0) is 15.8. The third kappa shape index (κ3) is 4.09. The van der Waals surface area contributed by atoms with E-state index < -0.39 is 11.9 Å². The number of carbonyl (C=O) groups excluding carboxylic acids is 1. The van der Waals surface area contributed by atoms with Crippen molar-refractivity contribution in [2.45, 2.75) is 5.92 Å². The second-order valence-electron chi connectivity index (χ2n) is 4.58. The highest BCUT2D eigenvalue weighted by molar-refractivity contribution is 5.80. The number of rotatable bonds is 6. The molecule has 22 heavy (non-hydrogen) atoms. The minimum atomic E-state index is -0.737. The molecule has 2 aromatic carbocycles. The van der Waals surface area contributed by atoms with E-state index >= 15 is 0 Å². The first kappa shape index (κ1) is 15.6. The van der Waals surface area contributed by atoms with Crippen molar-refractivity contribution in [2.75, 3.05) is 13.7 Å². The molecule has 0 bridgehead atoms. The van der Waals surface area contributed by atoms with Crippen molar-refractivity contribution in [2.24, 2.45) is 5.16 Å². The van der Waals surface area contributed by atoms with Crippen LogP contribution >= 0.6 is 0 Å². The maximum atomic E-state index is 11.9. The van der Waals surface area contributed by atoms with Crippen LogP contribution in [0.2, 0.25) is 0 Å². The van der Waals surface area contributed by atoms with Crippen molar-refractivity contribution in [1.29, 1.82) is 0 Å². The van der Waals surface area contributed by atoms with Crippen LogP contribution in [0.1, 0.15) is 17.0 Å². The number of methoxy groups -OCH3 is 1. The molecule has 0 aromatic heterocycles. The number of carbonyl (C=O) groups is 1. The van der Waals surface area contributed by atoms with Crippen LogP contribution in [0.5, 0.6) is 5.75 Å². The number of nitrogens with zero attached hydrogens (tertiary/aromatic N) is 1. The van der Waals surface area contributed by atoms with Crippen molar-refractivity contribution >= 4 is 12.2 Å². The third-order valence-electron chi connectivity index (χ3n) is 3.11. The van der Waals surface area contributed by atoms with Crippen LogP contribution in [-0.2, 0) is 14.4 Å². The van der Waals surface area contributed by atoms with E-state index in [0.717, 1.165) is 5.56 Å². The minimum absolute atomic E-state index is 0.0203. The number of phenolic OH excluding ortho intramolecular Hbond substituents is 1. The molecule has 0 saturated carbocycles.